The highest BCUT2D eigenvalue weighted by Crippen LogP contribution is 2.29. The summed E-state index contributed by atoms with van der Waals surface area (Å²) in [5, 5.41) is 13.4. The molecular weight excluding hydrogens is 272 g/mol. The number of amides is 1. The number of carbonyl (C=O) groups excluding carboxylic acids is 1. The summed E-state index contributed by atoms with van der Waals surface area (Å²) >= 11 is 0. The molecule has 0 spiro atoms. The second kappa shape index (κ2) is 6.04. The fourth-order valence-electron chi connectivity index (χ4n) is 1.89. The lowest BCUT2D eigenvalue weighted by molar-refractivity contribution is -0.384. The van der Waals surface area contributed by atoms with Crippen molar-refractivity contribution >= 4 is 17.3 Å². The van der Waals surface area contributed by atoms with Crippen LogP contribution in [0.2, 0.25) is 0 Å². The van der Waals surface area contributed by atoms with Crippen molar-refractivity contribution in [3.63, 3.8) is 0 Å². The zero-order chi connectivity index (χ0) is 15.4. The molecule has 21 heavy (non-hydrogen) atoms. The molecule has 0 aliphatic rings. The van der Waals surface area contributed by atoms with E-state index in [0.717, 1.165) is 5.56 Å². The Balaban J connectivity index is 2.31. The van der Waals surface area contributed by atoms with Crippen molar-refractivity contribution in [3.05, 3.63) is 63.7 Å². The van der Waals surface area contributed by atoms with E-state index in [0.29, 0.717) is 11.3 Å². The largest absolute Gasteiger partial charge is 0.495 e. The number of aryl methyl sites for hydroxylation is 1. The minimum Gasteiger partial charge on any atom is -0.495 e. The molecule has 2 aromatic rings. The Morgan fingerprint density at radius 3 is 2.62 bits per heavy atom. The number of ether oxygens (including phenoxy) is 1. The second-order valence-electron chi connectivity index (χ2n) is 4.47. The minimum atomic E-state index is -0.526. The maximum Gasteiger partial charge on any atom is 0.271 e. The molecule has 108 valence electrons. The molecule has 0 aromatic heterocycles. The van der Waals surface area contributed by atoms with Crippen LogP contribution in [0.4, 0.5) is 11.4 Å². The molecule has 6 heteroatoms. The maximum atomic E-state index is 12.2. The average molecular weight is 286 g/mol. The van der Waals surface area contributed by atoms with Crippen LogP contribution in [0.25, 0.3) is 0 Å². The second-order valence-corrected chi connectivity index (χ2v) is 4.47. The van der Waals surface area contributed by atoms with E-state index in [1.54, 1.807) is 18.2 Å². The fourth-order valence-corrected chi connectivity index (χ4v) is 1.89. The first kappa shape index (κ1) is 14.5. The van der Waals surface area contributed by atoms with Gasteiger partial charge in [-0.1, -0.05) is 17.7 Å². The number of anilines is 1. The third kappa shape index (κ3) is 3.36. The minimum absolute atomic E-state index is 0.115. The summed E-state index contributed by atoms with van der Waals surface area (Å²) in [6.07, 6.45) is 0. The molecule has 0 saturated carbocycles. The quantitative estimate of drug-likeness (QED) is 0.691. The topological polar surface area (TPSA) is 81.5 Å². The lowest BCUT2D eigenvalue weighted by Gasteiger charge is -2.10. The molecule has 2 rings (SSSR count). The van der Waals surface area contributed by atoms with E-state index < -0.39 is 4.92 Å². The molecule has 1 amide bonds. The van der Waals surface area contributed by atoms with Gasteiger partial charge in [-0.3, -0.25) is 14.9 Å². The van der Waals surface area contributed by atoms with Gasteiger partial charge in [-0.25, -0.2) is 0 Å². The van der Waals surface area contributed by atoms with Crippen molar-refractivity contribution in [2.24, 2.45) is 0 Å². The van der Waals surface area contributed by atoms with Gasteiger partial charge >= 0.3 is 0 Å². The molecule has 0 bridgehead atoms. The Labute approximate surface area is 121 Å². The van der Waals surface area contributed by atoms with Crippen LogP contribution in [0.15, 0.2) is 42.5 Å². The van der Waals surface area contributed by atoms with Gasteiger partial charge in [-0.05, 0) is 25.1 Å². The summed E-state index contributed by atoms with van der Waals surface area (Å²) in [5.41, 5.74) is 1.57. The Morgan fingerprint density at radius 2 is 2.00 bits per heavy atom. The number of nitro groups is 1. The summed E-state index contributed by atoms with van der Waals surface area (Å²) in [6.45, 7) is 1.88. The highest BCUT2D eigenvalue weighted by atomic mass is 16.6. The molecule has 0 unspecified atom stereocenters. The number of nitrogens with one attached hydrogen (secondary N) is 1. The SMILES string of the molecule is COc1ccc([N+](=O)[O-])cc1NC(=O)c1cccc(C)c1. The van der Waals surface area contributed by atoms with Gasteiger partial charge in [0.1, 0.15) is 5.75 Å². The number of hydrogen-bond acceptors (Lipinski definition) is 4. The van der Waals surface area contributed by atoms with Crippen LogP contribution in [-0.2, 0) is 0 Å². The highest BCUT2D eigenvalue weighted by Gasteiger charge is 2.14. The molecule has 0 radical (unpaired) electrons. The monoisotopic (exact) mass is 286 g/mol. The van der Waals surface area contributed by atoms with Crippen molar-refractivity contribution in [3.8, 4) is 5.75 Å². The number of nitro benzene ring substituents is 1. The molecule has 0 fully saturated rings. The van der Waals surface area contributed by atoms with E-state index in [1.165, 1.54) is 25.3 Å². The Morgan fingerprint density at radius 1 is 1.24 bits per heavy atom. The van der Waals surface area contributed by atoms with Crippen molar-refractivity contribution in [2.45, 2.75) is 6.92 Å². The Kier molecular flexibility index (Phi) is 4.18. The van der Waals surface area contributed by atoms with Crippen molar-refractivity contribution in [1.82, 2.24) is 0 Å². The summed E-state index contributed by atoms with van der Waals surface area (Å²) in [5.74, 6) is 0.0131. The number of nitrogens with zero attached hydrogens (tertiary/aromatic N) is 1. The van der Waals surface area contributed by atoms with E-state index in [9.17, 15) is 14.9 Å². The van der Waals surface area contributed by atoms with E-state index in [-0.39, 0.29) is 17.3 Å². The average Bonchev–Trinajstić information content (AvgIpc) is 2.47. The molecule has 2 aromatic carbocycles. The van der Waals surface area contributed by atoms with Gasteiger partial charge in [0.05, 0.1) is 17.7 Å². The van der Waals surface area contributed by atoms with Gasteiger partial charge in [0.15, 0.2) is 0 Å². The molecule has 0 aliphatic heterocycles. The molecular formula is C15H14N2O4. The standard InChI is InChI=1S/C15H14N2O4/c1-10-4-3-5-11(8-10)15(18)16-13-9-12(17(19)20)6-7-14(13)21-2/h3-9H,1-2H3,(H,16,18). The van der Waals surface area contributed by atoms with Gasteiger partial charge in [0.25, 0.3) is 11.6 Å². The molecule has 0 atom stereocenters. The lowest BCUT2D eigenvalue weighted by Crippen LogP contribution is -2.13. The molecule has 0 aliphatic carbocycles. The van der Waals surface area contributed by atoms with Crippen LogP contribution in [-0.4, -0.2) is 17.9 Å². The first-order valence-electron chi connectivity index (χ1n) is 6.21. The molecule has 1 N–H and O–H groups in total. The first-order valence-corrected chi connectivity index (χ1v) is 6.21. The van der Waals surface area contributed by atoms with Gasteiger partial charge in [-0.2, -0.15) is 0 Å². The smallest absolute Gasteiger partial charge is 0.271 e. The number of carbonyl (C=O) groups is 1. The summed E-state index contributed by atoms with van der Waals surface area (Å²) in [4.78, 5) is 22.5. The molecule has 0 heterocycles. The van der Waals surface area contributed by atoms with Crippen LogP contribution in [0.3, 0.4) is 0 Å². The van der Waals surface area contributed by atoms with Gasteiger partial charge in [0.2, 0.25) is 0 Å². The van der Waals surface area contributed by atoms with Crippen molar-refractivity contribution in [2.75, 3.05) is 12.4 Å². The maximum absolute atomic E-state index is 12.2. The van der Waals surface area contributed by atoms with E-state index in [2.05, 4.69) is 5.32 Å². The Hall–Kier alpha value is -2.89. The van der Waals surface area contributed by atoms with Crippen LogP contribution < -0.4 is 10.1 Å². The van der Waals surface area contributed by atoms with Crippen LogP contribution in [0.5, 0.6) is 5.75 Å². The summed E-state index contributed by atoms with van der Waals surface area (Å²) in [7, 11) is 1.43. The molecule has 6 nitrogen and oxygen atoms in total. The van der Waals surface area contributed by atoms with Crippen molar-refractivity contribution < 1.29 is 14.5 Å². The fraction of sp³-hybridized carbons (Fsp3) is 0.133. The number of methoxy groups -OCH3 is 1. The zero-order valence-corrected chi connectivity index (χ0v) is 11.6. The number of hydrogen-bond donors (Lipinski definition) is 1. The number of benzene rings is 2. The van der Waals surface area contributed by atoms with E-state index >= 15 is 0 Å². The van der Waals surface area contributed by atoms with Crippen LogP contribution in [0.1, 0.15) is 15.9 Å². The highest BCUT2D eigenvalue weighted by molar-refractivity contribution is 6.05. The Bertz CT molecular complexity index is 698. The summed E-state index contributed by atoms with van der Waals surface area (Å²) < 4.78 is 5.10. The van der Waals surface area contributed by atoms with Crippen molar-refractivity contribution in [1.29, 1.82) is 0 Å². The predicted octanol–water partition coefficient (Wildman–Crippen LogP) is 3.16. The molecule has 0 saturated heterocycles. The van der Waals surface area contributed by atoms with E-state index in [1.807, 2.05) is 13.0 Å². The predicted molar refractivity (Wildman–Crippen MR) is 78.8 cm³/mol. The summed E-state index contributed by atoms with van der Waals surface area (Å²) in [6, 6.07) is 11.1. The number of non-ortho nitro benzene ring substituents is 1. The van der Waals surface area contributed by atoms with Gasteiger partial charge in [0, 0.05) is 17.7 Å². The van der Waals surface area contributed by atoms with Gasteiger partial charge in [-0.15, -0.1) is 0 Å². The van der Waals surface area contributed by atoms with Crippen LogP contribution in [0, 0.1) is 17.0 Å². The number of rotatable bonds is 4. The lowest BCUT2D eigenvalue weighted by atomic mass is 10.1. The third-order valence-electron chi connectivity index (χ3n) is 2.92. The first-order chi connectivity index (χ1) is 10.0. The van der Waals surface area contributed by atoms with Crippen LogP contribution >= 0.6 is 0 Å². The van der Waals surface area contributed by atoms with Gasteiger partial charge < -0.3 is 10.1 Å². The van der Waals surface area contributed by atoms with E-state index in [4.69, 9.17) is 4.74 Å². The zero-order valence-electron chi connectivity index (χ0n) is 11.6. The normalized spacial score (nSPS) is 10.0. The third-order valence-corrected chi connectivity index (χ3v) is 2.92.